The molecular formula is C18H14F3NO4. The highest BCUT2D eigenvalue weighted by atomic mass is 19.3. The van der Waals surface area contributed by atoms with Crippen molar-refractivity contribution in [1.29, 1.82) is 0 Å². The van der Waals surface area contributed by atoms with E-state index in [1.54, 1.807) is 0 Å². The second-order valence-corrected chi connectivity index (χ2v) is 4.93. The molecule has 1 N–H and O–H groups in total. The summed E-state index contributed by atoms with van der Waals surface area (Å²) < 4.78 is 46.8. The van der Waals surface area contributed by atoms with E-state index in [1.165, 1.54) is 48.5 Å². The monoisotopic (exact) mass is 365 g/mol. The highest BCUT2D eigenvalue weighted by molar-refractivity contribution is 6.03. The molecule has 0 aliphatic rings. The molecule has 2 aromatic rings. The van der Waals surface area contributed by atoms with Crippen molar-refractivity contribution in [3.63, 3.8) is 0 Å². The SMILES string of the molecule is COC(=O)/C(=C\c1ccc(OC(F)F)cc1)NC(=O)c1ccccc1F. The maximum absolute atomic E-state index is 13.7. The topological polar surface area (TPSA) is 64.6 Å². The quantitative estimate of drug-likeness (QED) is 0.630. The van der Waals surface area contributed by atoms with Gasteiger partial charge in [-0.3, -0.25) is 4.79 Å². The van der Waals surface area contributed by atoms with Gasteiger partial charge in [0.1, 0.15) is 17.3 Å². The maximum atomic E-state index is 13.7. The van der Waals surface area contributed by atoms with E-state index < -0.39 is 24.3 Å². The molecule has 0 fully saturated rings. The Morgan fingerprint density at radius 2 is 1.73 bits per heavy atom. The molecule has 2 rings (SSSR count). The predicted molar refractivity (Wildman–Crippen MR) is 86.9 cm³/mol. The fraction of sp³-hybridized carbons (Fsp3) is 0.111. The zero-order chi connectivity index (χ0) is 19.1. The third kappa shape index (κ3) is 5.10. The third-order valence-electron chi connectivity index (χ3n) is 3.19. The largest absolute Gasteiger partial charge is 0.464 e. The van der Waals surface area contributed by atoms with Gasteiger partial charge in [-0.05, 0) is 35.9 Å². The van der Waals surface area contributed by atoms with Gasteiger partial charge in [0.05, 0.1) is 12.7 Å². The summed E-state index contributed by atoms with van der Waals surface area (Å²) in [5, 5.41) is 2.28. The lowest BCUT2D eigenvalue weighted by atomic mass is 10.1. The minimum Gasteiger partial charge on any atom is -0.464 e. The number of esters is 1. The minimum absolute atomic E-state index is 0.0628. The van der Waals surface area contributed by atoms with E-state index in [-0.39, 0.29) is 17.0 Å². The van der Waals surface area contributed by atoms with Gasteiger partial charge in [0.25, 0.3) is 5.91 Å². The molecule has 0 aliphatic carbocycles. The maximum Gasteiger partial charge on any atom is 0.387 e. The van der Waals surface area contributed by atoms with Crippen LogP contribution in [-0.2, 0) is 9.53 Å². The Morgan fingerprint density at radius 3 is 2.31 bits per heavy atom. The lowest BCUT2D eigenvalue weighted by Gasteiger charge is -2.09. The minimum atomic E-state index is -2.96. The zero-order valence-corrected chi connectivity index (χ0v) is 13.5. The lowest BCUT2D eigenvalue weighted by Crippen LogP contribution is -2.28. The van der Waals surface area contributed by atoms with Crippen LogP contribution in [0.3, 0.4) is 0 Å². The molecule has 136 valence electrons. The molecule has 26 heavy (non-hydrogen) atoms. The zero-order valence-electron chi connectivity index (χ0n) is 13.5. The summed E-state index contributed by atoms with van der Waals surface area (Å²) in [5.41, 5.74) is -0.0906. The molecule has 0 aliphatic heterocycles. The van der Waals surface area contributed by atoms with Crippen molar-refractivity contribution in [2.24, 2.45) is 0 Å². The molecule has 8 heteroatoms. The van der Waals surface area contributed by atoms with Crippen molar-refractivity contribution in [3.8, 4) is 5.75 Å². The fourth-order valence-electron chi connectivity index (χ4n) is 2.00. The van der Waals surface area contributed by atoms with E-state index in [0.29, 0.717) is 5.56 Å². The molecule has 0 aromatic heterocycles. The van der Waals surface area contributed by atoms with Gasteiger partial charge in [-0.1, -0.05) is 24.3 Å². The molecule has 0 radical (unpaired) electrons. The van der Waals surface area contributed by atoms with Crippen LogP contribution in [0.4, 0.5) is 13.2 Å². The van der Waals surface area contributed by atoms with Gasteiger partial charge in [0.15, 0.2) is 0 Å². The molecule has 5 nitrogen and oxygen atoms in total. The van der Waals surface area contributed by atoms with Crippen molar-refractivity contribution in [3.05, 3.63) is 71.2 Å². The first-order chi connectivity index (χ1) is 12.4. The molecule has 0 saturated heterocycles. The number of benzene rings is 2. The van der Waals surface area contributed by atoms with Crippen LogP contribution in [0.25, 0.3) is 6.08 Å². The highest BCUT2D eigenvalue weighted by Gasteiger charge is 2.17. The van der Waals surface area contributed by atoms with Crippen LogP contribution in [0.5, 0.6) is 5.75 Å². The molecular weight excluding hydrogens is 351 g/mol. The van der Waals surface area contributed by atoms with Crippen molar-refractivity contribution < 1.29 is 32.2 Å². The summed E-state index contributed by atoms with van der Waals surface area (Å²) >= 11 is 0. The van der Waals surface area contributed by atoms with Gasteiger partial charge in [0, 0.05) is 0 Å². The number of methoxy groups -OCH3 is 1. The van der Waals surface area contributed by atoms with E-state index >= 15 is 0 Å². The number of ether oxygens (including phenoxy) is 2. The summed E-state index contributed by atoms with van der Waals surface area (Å²) in [5.74, 6) is -2.50. The summed E-state index contributed by atoms with van der Waals surface area (Å²) in [6, 6.07) is 10.6. The van der Waals surface area contributed by atoms with Gasteiger partial charge < -0.3 is 14.8 Å². The summed E-state index contributed by atoms with van der Waals surface area (Å²) in [6.07, 6.45) is 1.26. The van der Waals surface area contributed by atoms with Gasteiger partial charge >= 0.3 is 12.6 Å². The van der Waals surface area contributed by atoms with Crippen LogP contribution in [0.1, 0.15) is 15.9 Å². The van der Waals surface area contributed by atoms with Gasteiger partial charge in [-0.15, -0.1) is 0 Å². The van der Waals surface area contributed by atoms with Gasteiger partial charge in [-0.25, -0.2) is 9.18 Å². The number of nitrogens with one attached hydrogen (secondary N) is 1. The second-order valence-electron chi connectivity index (χ2n) is 4.93. The average Bonchev–Trinajstić information content (AvgIpc) is 2.62. The first-order valence-electron chi connectivity index (χ1n) is 7.31. The number of rotatable bonds is 6. The number of carbonyl (C=O) groups is 2. The standard InChI is InChI=1S/C18H14F3NO4/c1-25-17(24)15(22-16(23)13-4-2-3-5-14(13)19)10-11-6-8-12(9-7-11)26-18(20)21/h2-10,18H,1H3,(H,22,23)/b15-10+. The molecule has 0 spiro atoms. The van der Waals surface area contributed by atoms with Gasteiger partial charge in [0.2, 0.25) is 0 Å². The lowest BCUT2D eigenvalue weighted by molar-refractivity contribution is -0.136. The summed E-state index contributed by atoms with van der Waals surface area (Å²) in [4.78, 5) is 24.0. The normalized spacial score (nSPS) is 11.2. The Balaban J connectivity index is 2.24. The molecule has 0 unspecified atom stereocenters. The Bertz CT molecular complexity index is 819. The van der Waals surface area contributed by atoms with E-state index in [2.05, 4.69) is 14.8 Å². The summed E-state index contributed by atoms with van der Waals surface area (Å²) in [7, 11) is 1.12. The number of hydrogen-bond acceptors (Lipinski definition) is 4. The van der Waals surface area contributed by atoms with E-state index in [9.17, 15) is 22.8 Å². The number of hydrogen-bond donors (Lipinski definition) is 1. The van der Waals surface area contributed by atoms with Crippen LogP contribution < -0.4 is 10.1 Å². The molecule has 0 bridgehead atoms. The van der Waals surface area contributed by atoms with Gasteiger partial charge in [-0.2, -0.15) is 8.78 Å². The van der Waals surface area contributed by atoms with Crippen molar-refractivity contribution in [2.45, 2.75) is 6.61 Å². The van der Waals surface area contributed by atoms with E-state index in [4.69, 9.17) is 0 Å². The first kappa shape index (κ1) is 19.0. The Labute approximate surface area is 147 Å². The van der Waals surface area contributed by atoms with E-state index in [0.717, 1.165) is 13.2 Å². The van der Waals surface area contributed by atoms with Crippen LogP contribution in [0.15, 0.2) is 54.2 Å². The summed E-state index contributed by atoms with van der Waals surface area (Å²) in [6.45, 7) is -2.96. The van der Waals surface area contributed by atoms with Crippen LogP contribution >= 0.6 is 0 Å². The second kappa shape index (κ2) is 8.70. The number of alkyl halides is 2. The van der Waals surface area contributed by atoms with Crippen molar-refractivity contribution in [1.82, 2.24) is 5.32 Å². The highest BCUT2D eigenvalue weighted by Crippen LogP contribution is 2.17. The first-order valence-corrected chi connectivity index (χ1v) is 7.31. The number of amides is 1. The van der Waals surface area contributed by atoms with Crippen LogP contribution in [0, 0.1) is 5.82 Å². The Hall–Kier alpha value is -3.29. The number of halogens is 3. The molecule has 0 heterocycles. The van der Waals surface area contributed by atoms with Crippen LogP contribution in [-0.4, -0.2) is 25.6 Å². The molecule has 0 atom stereocenters. The van der Waals surface area contributed by atoms with E-state index in [1.807, 2.05) is 0 Å². The van der Waals surface area contributed by atoms with Crippen molar-refractivity contribution in [2.75, 3.05) is 7.11 Å². The third-order valence-corrected chi connectivity index (χ3v) is 3.19. The predicted octanol–water partition coefficient (Wildman–Crippen LogP) is 3.37. The molecule has 1 amide bonds. The number of carbonyl (C=O) groups excluding carboxylic acids is 2. The smallest absolute Gasteiger partial charge is 0.387 e. The Kier molecular flexibility index (Phi) is 6.37. The van der Waals surface area contributed by atoms with Crippen LogP contribution in [0.2, 0.25) is 0 Å². The average molecular weight is 365 g/mol. The Morgan fingerprint density at radius 1 is 1.08 bits per heavy atom. The van der Waals surface area contributed by atoms with Crippen molar-refractivity contribution >= 4 is 18.0 Å². The molecule has 2 aromatic carbocycles. The molecule has 0 saturated carbocycles. The fourth-order valence-corrected chi connectivity index (χ4v) is 2.00.